The van der Waals surface area contributed by atoms with E-state index in [-0.39, 0.29) is 17.0 Å². The van der Waals surface area contributed by atoms with Crippen molar-refractivity contribution in [3.63, 3.8) is 0 Å². The number of hydrogen-bond donors (Lipinski definition) is 0. The third-order valence-electron chi connectivity index (χ3n) is 4.65. The zero-order valence-electron chi connectivity index (χ0n) is 12.6. The zero-order valence-corrected chi connectivity index (χ0v) is 12.6. The molecule has 1 aliphatic carbocycles. The highest BCUT2D eigenvalue weighted by Crippen LogP contribution is 2.28. The molecule has 0 saturated carbocycles. The highest BCUT2D eigenvalue weighted by molar-refractivity contribution is 5.93. The first-order valence-corrected chi connectivity index (χ1v) is 7.67. The average Bonchev–Trinajstić information content (AvgIpc) is 3.09. The van der Waals surface area contributed by atoms with Gasteiger partial charge in [0.05, 0.1) is 24.5 Å². The fraction of sp³-hybridized carbons (Fsp3) is 0.438. The minimum atomic E-state index is -0.239. The number of aryl methyl sites for hydroxylation is 2. The summed E-state index contributed by atoms with van der Waals surface area (Å²) < 4.78 is 3.48. The molecule has 114 valence electrons. The van der Waals surface area contributed by atoms with Crippen LogP contribution in [0.25, 0.3) is 0 Å². The summed E-state index contributed by atoms with van der Waals surface area (Å²) in [5.41, 5.74) is 3.67. The van der Waals surface area contributed by atoms with E-state index < -0.39 is 0 Å². The van der Waals surface area contributed by atoms with Crippen molar-refractivity contribution in [2.45, 2.75) is 32.4 Å². The molecule has 0 spiro atoms. The quantitative estimate of drug-likeness (QED) is 0.779. The van der Waals surface area contributed by atoms with E-state index in [1.807, 2.05) is 4.68 Å². The second kappa shape index (κ2) is 4.83. The van der Waals surface area contributed by atoms with Gasteiger partial charge in [0.15, 0.2) is 0 Å². The maximum Gasteiger partial charge on any atom is 0.263 e. The van der Waals surface area contributed by atoms with Gasteiger partial charge in [-0.2, -0.15) is 5.10 Å². The smallest absolute Gasteiger partial charge is 0.263 e. The number of hydrogen-bond acceptors (Lipinski definition) is 3. The lowest BCUT2D eigenvalue weighted by Crippen LogP contribution is -2.41. The molecule has 6 nitrogen and oxygen atoms in total. The van der Waals surface area contributed by atoms with E-state index >= 15 is 0 Å². The van der Waals surface area contributed by atoms with Crippen LogP contribution in [-0.4, -0.2) is 31.7 Å². The Morgan fingerprint density at radius 3 is 3.00 bits per heavy atom. The summed E-state index contributed by atoms with van der Waals surface area (Å²) >= 11 is 0. The Balaban J connectivity index is 1.66. The van der Waals surface area contributed by atoms with Gasteiger partial charge >= 0.3 is 0 Å². The number of pyridine rings is 1. The summed E-state index contributed by atoms with van der Waals surface area (Å²) in [4.78, 5) is 26.6. The number of aromatic nitrogens is 3. The molecule has 3 heterocycles. The molecule has 0 unspecified atom stereocenters. The summed E-state index contributed by atoms with van der Waals surface area (Å²) in [5.74, 6) is -0.180. The molecule has 1 aliphatic heterocycles. The molecule has 2 aromatic rings. The molecule has 1 amide bonds. The van der Waals surface area contributed by atoms with Crippen LogP contribution in [0.2, 0.25) is 0 Å². The fourth-order valence-corrected chi connectivity index (χ4v) is 3.45. The molecule has 0 aromatic carbocycles. The van der Waals surface area contributed by atoms with E-state index in [1.165, 1.54) is 15.8 Å². The van der Waals surface area contributed by atoms with E-state index in [9.17, 15) is 9.59 Å². The van der Waals surface area contributed by atoms with E-state index in [0.717, 1.165) is 25.0 Å². The summed E-state index contributed by atoms with van der Waals surface area (Å²) in [6.45, 7) is 1.87. The van der Waals surface area contributed by atoms with Crippen LogP contribution < -0.4 is 5.56 Å². The van der Waals surface area contributed by atoms with Gasteiger partial charge in [0.1, 0.15) is 5.56 Å². The third kappa shape index (κ3) is 1.90. The predicted octanol–water partition coefficient (Wildman–Crippen LogP) is 0.727. The lowest BCUT2D eigenvalue weighted by atomic mass is 10.1. The second-order valence-electron chi connectivity index (χ2n) is 6.01. The highest BCUT2D eigenvalue weighted by Gasteiger charge is 2.29. The van der Waals surface area contributed by atoms with Gasteiger partial charge in [0.25, 0.3) is 11.5 Å². The van der Waals surface area contributed by atoms with Gasteiger partial charge in [-0.05, 0) is 37.0 Å². The first-order valence-electron chi connectivity index (χ1n) is 7.67. The van der Waals surface area contributed by atoms with Gasteiger partial charge in [-0.15, -0.1) is 0 Å². The maximum absolute atomic E-state index is 12.7. The molecule has 0 radical (unpaired) electrons. The molecule has 0 atom stereocenters. The topological polar surface area (TPSA) is 60.1 Å². The molecular weight excluding hydrogens is 280 g/mol. The van der Waals surface area contributed by atoms with Crippen LogP contribution in [0.15, 0.2) is 23.1 Å². The standard InChI is InChI=1S/C16H18N4O2/c1-18-7-3-5-12(15(18)21)16(22)19-8-9-20-14(10-19)11-4-2-6-13(11)17-20/h3,5,7H,2,4,6,8-10H2,1H3. The van der Waals surface area contributed by atoms with Crippen LogP contribution >= 0.6 is 0 Å². The minimum Gasteiger partial charge on any atom is -0.331 e. The molecule has 0 bridgehead atoms. The molecule has 4 rings (SSSR count). The van der Waals surface area contributed by atoms with Crippen molar-refractivity contribution >= 4 is 5.91 Å². The molecule has 2 aliphatic rings. The molecule has 22 heavy (non-hydrogen) atoms. The van der Waals surface area contributed by atoms with Gasteiger partial charge in [-0.1, -0.05) is 0 Å². The Labute approximate surface area is 128 Å². The van der Waals surface area contributed by atoms with E-state index in [4.69, 9.17) is 0 Å². The third-order valence-corrected chi connectivity index (χ3v) is 4.65. The molecule has 6 heteroatoms. The number of fused-ring (bicyclic) bond motifs is 3. The molecule has 0 fully saturated rings. The Morgan fingerprint density at radius 2 is 2.14 bits per heavy atom. The Morgan fingerprint density at radius 1 is 1.27 bits per heavy atom. The van der Waals surface area contributed by atoms with Crippen molar-refractivity contribution in [1.82, 2.24) is 19.2 Å². The normalized spacial score (nSPS) is 16.5. The van der Waals surface area contributed by atoms with Gasteiger partial charge in [0, 0.05) is 19.8 Å². The molecule has 2 aromatic heterocycles. The maximum atomic E-state index is 12.7. The van der Waals surface area contributed by atoms with Crippen molar-refractivity contribution < 1.29 is 4.79 Å². The first-order chi connectivity index (χ1) is 10.6. The minimum absolute atomic E-state index is 0.180. The van der Waals surface area contributed by atoms with Crippen LogP contribution in [0.5, 0.6) is 0 Å². The van der Waals surface area contributed by atoms with Crippen molar-refractivity contribution in [1.29, 1.82) is 0 Å². The van der Waals surface area contributed by atoms with Crippen molar-refractivity contribution in [3.8, 4) is 0 Å². The van der Waals surface area contributed by atoms with Gasteiger partial charge in [-0.25, -0.2) is 0 Å². The number of amides is 1. The van der Waals surface area contributed by atoms with Crippen LogP contribution in [0.1, 0.15) is 33.7 Å². The number of rotatable bonds is 1. The Kier molecular flexibility index (Phi) is 2.92. The zero-order chi connectivity index (χ0) is 15.3. The number of nitrogens with zero attached hydrogens (tertiary/aromatic N) is 4. The fourth-order valence-electron chi connectivity index (χ4n) is 3.45. The summed E-state index contributed by atoms with van der Waals surface area (Å²) in [6.07, 6.45) is 4.91. The number of carbonyl (C=O) groups excluding carboxylic acids is 1. The number of carbonyl (C=O) groups is 1. The Bertz CT molecular complexity index is 818. The van der Waals surface area contributed by atoms with Crippen LogP contribution in [0.3, 0.4) is 0 Å². The van der Waals surface area contributed by atoms with E-state index in [1.54, 1.807) is 30.3 Å². The predicted molar refractivity (Wildman–Crippen MR) is 80.7 cm³/mol. The monoisotopic (exact) mass is 298 g/mol. The van der Waals surface area contributed by atoms with Crippen molar-refractivity contribution in [3.05, 3.63) is 51.2 Å². The lowest BCUT2D eigenvalue weighted by molar-refractivity contribution is 0.0703. The Hall–Kier alpha value is -2.37. The van der Waals surface area contributed by atoms with Crippen molar-refractivity contribution in [2.75, 3.05) is 6.54 Å². The summed E-state index contributed by atoms with van der Waals surface area (Å²) in [6, 6.07) is 3.35. The molecular formula is C16H18N4O2. The van der Waals surface area contributed by atoms with E-state index in [2.05, 4.69) is 5.10 Å². The van der Waals surface area contributed by atoms with Crippen LogP contribution in [-0.2, 0) is 33.0 Å². The first kappa shape index (κ1) is 13.3. The van der Waals surface area contributed by atoms with Gasteiger partial charge < -0.3 is 9.47 Å². The lowest BCUT2D eigenvalue weighted by Gasteiger charge is -2.28. The van der Waals surface area contributed by atoms with Gasteiger partial charge in [-0.3, -0.25) is 14.3 Å². The molecule has 0 saturated heterocycles. The van der Waals surface area contributed by atoms with Crippen LogP contribution in [0, 0.1) is 0 Å². The van der Waals surface area contributed by atoms with Gasteiger partial charge in [0.2, 0.25) is 0 Å². The highest BCUT2D eigenvalue weighted by atomic mass is 16.2. The summed E-state index contributed by atoms with van der Waals surface area (Å²) in [7, 11) is 1.66. The summed E-state index contributed by atoms with van der Waals surface area (Å²) in [5, 5.41) is 4.64. The average molecular weight is 298 g/mol. The molecule has 0 N–H and O–H groups in total. The van der Waals surface area contributed by atoms with Crippen molar-refractivity contribution in [2.24, 2.45) is 7.05 Å². The largest absolute Gasteiger partial charge is 0.331 e. The van der Waals surface area contributed by atoms with Crippen LogP contribution in [0.4, 0.5) is 0 Å². The second-order valence-corrected chi connectivity index (χ2v) is 6.01. The SMILES string of the molecule is Cn1cccc(C(=O)N2CCn3nc4c(c3C2)CCC4)c1=O. The van der Waals surface area contributed by atoms with E-state index in [0.29, 0.717) is 19.6 Å².